The highest BCUT2D eigenvalue weighted by molar-refractivity contribution is 7.10. The molecule has 0 radical (unpaired) electrons. The van der Waals surface area contributed by atoms with Crippen LogP contribution in [-0.4, -0.2) is 55.0 Å². The van der Waals surface area contributed by atoms with Gasteiger partial charge in [0.2, 0.25) is 5.91 Å². The van der Waals surface area contributed by atoms with Gasteiger partial charge >= 0.3 is 0 Å². The Morgan fingerprint density at radius 3 is 2.56 bits per heavy atom. The van der Waals surface area contributed by atoms with E-state index in [0.717, 1.165) is 19.3 Å². The maximum absolute atomic E-state index is 13.6. The van der Waals surface area contributed by atoms with Crippen LogP contribution in [0.4, 0.5) is 5.69 Å². The molecule has 1 aliphatic rings. The summed E-state index contributed by atoms with van der Waals surface area (Å²) < 4.78 is 10.8. The molecule has 1 saturated heterocycles. The normalized spacial score (nSPS) is 15.3. The molecule has 1 unspecified atom stereocenters. The maximum Gasteiger partial charge on any atom is 0.278 e. The van der Waals surface area contributed by atoms with E-state index in [4.69, 9.17) is 15.9 Å². The molecule has 1 aromatic heterocycles. The van der Waals surface area contributed by atoms with Gasteiger partial charge in [0, 0.05) is 43.1 Å². The summed E-state index contributed by atoms with van der Waals surface area (Å²) in [6.45, 7) is 3.21. The third-order valence-corrected chi connectivity index (χ3v) is 6.33. The number of hydrogen-bond acceptors (Lipinski definition) is 6. The fourth-order valence-electron chi connectivity index (χ4n) is 3.85. The van der Waals surface area contributed by atoms with Gasteiger partial charge in [-0.2, -0.15) is 0 Å². The number of aromatic nitrogens is 1. The second kappa shape index (κ2) is 11.0. The summed E-state index contributed by atoms with van der Waals surface area (Å²) in [6.07, 6.45) is 9.67. The monoisotopic (exact) mass is 455 g/mol. The van der Waals surface area contributed by atoms with E-state index in [1.54, 1.807) is 42.7 Å². The van der Waals surface area contributed by atoms with Crippen LogP contribution in [0.25, 0.3) is 0 Å². The second-order valence-electron chi connectivity index (χ2n) is 7.67. The zero-order valence-electron chi connectivity index (χ0n) is 18.8. The van der Waals surface area contributed by atoms with Crippen molar-refractivity contribution in [1.29, 1.82) is 0 Å². The topological polar surface area (TPSA) is 72.0 Å². The van der Waals surface area contributed by atoms with Crippen molar-refractivity contribution in [3.8, 4) is 23.8 Å². The number of benzene rings is 1. The number of rotatable bonds is 9. The molecular weight excluding hydrogens is 426 g/mol. The Labute approximate surface area is 193 Å². The van der Waals surface area contributed by atoms with E-state index in [1.165, 1.54) is 11.3 Å². The summed E-state index contributed by atoms with van der Waals surface area (Å²) in [5, 5.41) is 2.13. The number of nitrogens with zero attached hydrogens (tertiary/aromatic N) is 3. The van der Waals surface area contributed by atoms with Crippen LogP contribution in [0.5, 0.6) is 11.5 Å². The minimum atomic E-state index is -0.261. The van der Waals surface area contributed by atoms with Crippen LogP contribution in [0.3, 0.4) is 0 Å². The van der Waals surface area contributed by atoms with Crippen molar-refractivity contribution in [3.05, 3.63) is 34.3 Å². The largest absolute Gasteiger partial charge is 0.497 e. The third-order valence-electron chi connectivity index (χ3n) is 5.56. The molecule has 0 N–H and O–H groups in total. The molecule has 2 amide bonds. The summed E-state index contributed by atoms with van der Waals surface area (Å²) >= 11 is 1.26. The smallest absolute Gasteiger partial charge is 0.278 e. The highest BCUT2D eigenvalue weighted by atomic mass is 32.1. The second-order valence-corrected chi connectivity index (χ2v) is 8.53. The lowest BCUT2D eigenvalue weighted by Gasteiger charge is -2.29. The molecule has 7 nitrogen and oxygen atoms in total. The van der Waals surface area contributed by atoms with Gasteiger partial charge in [0.25, 0.3) is 5.91 Å². The lowest BCUT2D eigenvalue weighted by Crippen LogP contribution is -2.43. The summed E-state index contributed by atoms with van der Waals surface area (Å²) in [5.74, 6) is 3.50. The number of anilines is 1. The Hall–Kier alpha value is -3.05. The SMILES string of the molecule is C#Cc1nc(C(=O)N(c2cc(OC)cc(OC)c2)C2CCN(C(=O)CCCCC)C2)cs1. The number of carbonyl (C=O) groups excluding carboxylic acids is 2. The van der Waals surface area contributed by atoms with Crippen LogP contribution >= 0.6 is 11.3 Å². The molecule has 32 heavy (non-hydrogen) atoms. The predicted molar refractivity (Wildman–Crippen MR) is 126 cm³/mol. The minimum Gasteiger partial charge on any atom is -0.497 e. The van der Waals surface area contributed by atoms with Crippen LogP contribution in [0.2, 0.25) is 0 Å². The first-order chi connectivity index (χ1) is 15.5. The molecule has 1 aliphatic heterocycles. The van der Waals surface area contributed by atoms with E-state index in [-0.39, 0.29) is 23.6 Å². The van der Waals surface area contributed by atoms with Crippen LogP contribution in [0.1, 0.15) is 54.5 Å². The van der Waals surface area contributed by atoms with Crippen molar-refractivity contribution in [3.63, 3.8) is 0 Å². The number of hydrogen-bond donors (Lipinski definition) is 0. The molecular formula is C24H29N3O4S. The van der Waals surface area contributed by atoms with Gasteiger partial charge in [0.15, 0.2) is 5.01 Å². The van der Waals surface area contributed by atoms with E-state index in [2.05, 4.69) is 17.8 Å². The summed E-state index contributed by atoms with van der Waals surface area (Å²) in [6, 6.07) is 5.15. The number of carbonyl (C=O) groups is 2. The Kier molecular flexibility index (Phi) is 8.12. The highest BCUT2D eigenvalue weighted by Gasteiger charge is 2.35. The van der Waals surface area contributed by atoms with Gasteiger partial charge in [0.05, 0.1) is 25.9 Å². The maximum atomic E-state index is 13.6. The van der Waals surface area contributed by atoms with Crippen LogP contribution in [-0.2, 0) is 4.79 Å². The van der Waals surface area contributed by atoms with Crippen molar-refractivity contribution in [2.24, 2.45) is 0 Å². The van der Waals surface area contributed by atoms with Crippen molar-refractivity contribution in [2.75, 3.05) is 32.2 Å². The van der Waals surface area contributed by atoms with Crippen molar-refractivity contribution in [1.82, 2.24) is 9.88 Å². The van der Waals surface area contributed by atoms with E-state index < -0.39 is 0 Å². The molecule has 1 aromatic carbocycles. The molecule has 0 aliphatic carbocycles. The van der Waals surface area contributed by atoms with E-state index in [1.807, 2.05) is 4.90 Å². The van der Waals surface area contributed by atoms with Crippen LogP contribution in [0.15, 0.2) is 23.6 Å². The Morgan fingerprint density at radius 1 is 1.25 bits per heavy atom. The van der Waals surface area contributed by atoms with Crippen molar-refractivity contribution >= 4 is 28.8 Å². The number of ether oxygens (including phenoxy) is 2. The number of thiazole rings is 1. The fraction of sp³-hybridized carbons (Fsp3) is 0.458. The summed E-state index contributed by atoms with van der Waals surface area (Å²) in [4.78, 5) is 34.1. The van der Waals surface area contributed by atoms with Gasteiger partial charge in [0.1, 0.15) is 17.2 Å². The molecule has 0 saturated carbocycles. The Morgan fingerprint density at radius 2 is 1.97 bits per heavy atom. The highest BCUT2D eigenvalue weighted by Crippen LogP contribution is 2.33. The molecule has 1 atom stereocenters. The van der Waals surface area contributed by atoms with Gasteiger partial charge in [-0.1, -0.05) is 19.8 Å². The van der Waals surface area contributed by atoms with Gasteiger partial charge in [-0.25, -0.2) is 4.98 Å². The number of amides is 2. The zero-order valence-corrected chi connectivity index (χ0v) is 19.6. The van der Waals surface area contributed by atoms with E-state index in [9.17, 15) is 9.59 Å². The minimum absolute atomic E-state index is 0.139. The quantitative estimate of drug-likeness (QED) is 0.423. The zero-order chi connectivity index (χ0) is 23.1. The molecule has 0 spiro atoms. The first-order valence-electron chi connectivity index (χ1n) is 10.8. The van der Waals surface area contributed by atoms with Crippen molar-refractivity contribution < 1.29 is 19.1 Å². The van der Waals surface area contributed by atoms with Gasteiger partial charge in [-0.3, -0.25) is 9.59 Å². The lowest BCUT2D eigenvalue weighted by molar-refractivity contribution is -0.130. The molecule has 0 bridgehead atoms. The van der Waals surface area contributed by atoms with E-state index >= 15 is 0 Å². The standard InChI is InChI=1S/C24H29N3O4S/c1-5-7-8-9-23(28)26-11-10-17(15-26)27(24(29)21-16-32-22(6-2)25-21)18-12-19(30-3)14-20(13-18)31-4/h2,12-14,16-17H,5,7-11,15H2,1,3-4H3. The predicted octanol–water partition coefficient (Wildman–Crippen LogP) is 3.97. The van der Waals surface area contributed by atoms with Crippen LogP contribution in [0, 0.1) is 12.3 Å². The lowest BCUT2D eigenvalue weighted by atomic mass is 10.1. The first-order valence-corrected chi connectivity index (χ1v) is 11.6. The molecule has 8 heteroatoms. The number of likely N-dealkylation sites (tertiary alicyclic amines) is 1. The Bertz CT molecular complexity index is 975. The third kappa shape index (κ3) is 5.40. The van der Waals surface area contributed by atoms with Gasteiger partial charge in [-0.15, -0.1) is 17.8 Å². The number of methoxy groups -OCH3 is 2. The molecule has 1 fully saturated rings. The molecule has 2 heterocycles. The number of terminal acetylenes is 1. The Balaban J connectivity index is 1.91. The van der Waals surface area contributed by atoms with E-state index in [0.29, 0.717) is 48.1 Å². The van der Waals surface area contributed by atoms with Gasteiger partial charge < -0.3 is 19.3 Å². The van der Waals surface area contributed by atoms with Crippen LogP contribution < -0.4 is 14.4 Å². The first kappa shape index (κ1) is 23.6. The fourth-order valence-corrected chi connectivity index (χ4v) is 4.45. The average Bonchev–Trinajstić information content (AvgIpc) is 3.49. The summed E-state index contributed by atoms with van der Waals surface area (Å²) in [7, 11) is 3.13. The number of unbranched alkanes of at least 4 members (excludes halogenated alkanes) is 2. The summed E-state index contributed by atoms with van der Waals surface area (Å²) in [5.41, 5.74) is 0.921. The molecule has 3 rings (SSSR count). The molecule has 170 valence electrons. The molecule has 2 aromatic rings. The van der Waals surface area contributed by atoms with Crippen molar-refractivity contribution in [2.45, 2.75) is 45.1 Å². The van der Waals surface area contributed by atoms with Gasteiger partial charge in [-0.05, 0) is 18.8 Å². The average molecular weight is 456 g/mol.